The zero-order chi connectivity index (χ0) is 28.4. The van der Waals surface area contributed by atoms with Crippen molar-refractivity contribution in [3.05, 3.63) is 48.2 Å². The minimum atomic E-state index is -0.400. The molecule has 40 heavy (non-hydrogen) atoms. The van der Waals surface area contributed by atoms with Crippen molar-refractivity contribution < 1.29 is 9.90 Å². The molecule has 4 unspecified atom stereocenters. The highest BCUT2D eigenvalue weighted by molar-refractivity contribution is 6.07. The smallest absolute Gasteiger partial charge is 0.262 e. The van der Waals surface area contributed by atoms with Gasteiger partial charge in [-0.1, -0.05) is 6.07 Å². The Balaban J connectivity index is 1.42. The number of nitrogens with one attached hydrogen (secondary N) is 1. The largest absolute Gasteiger partial charge is 0.507 e. The Kier molecular flexibility index (Phi) is 7.93. The third-order valence-electron chi connectivity index (χ3n) is 6.99. The van der Waals surface area contributed by atoms with Crippen molar-refractivity contribution in [3.8, 4) is 5.75 Å². The van der Waals surface area contributed by atoms with E-state index in [2.05, 4.69) is 20.3 Å². The molecular formula is C26H36N12O2. The standard InChI is InChI=1S/C26H36N12O2/c1-36(22-4-2-3-7-31-22)23(40)20-6-5-19(10-21(20)39)32-24-33-25(37-11-15(27)8-16(28)12-37)35-26(34-24)38-13-17(29)9-18(30)14-38/h2-7,10,15-18,39H,8-9,11-14,27-30H2,1H3,(H,32,33,34,35). The number of pyridine rings is 1. The van der Waals surface area contributed by atoms with E-state index in [0.717, 1.165) is 12.8 Å². The first-order chi connectivity index (χ1) is 19.2. The number of hydrogen-bond donors (Lipinski definition) is 6. The maximum absolute atomic E-state index is 13.0. The van der Waals surface area contributed by atoms with Gasteiger partial charge >= 0.3 is 0 Å². The summed E-state index contributed by atoms with van der Waals surface area (Å²) in [6.07, 6.45) is 3.03. The second kappa shape index (κ2) is 11.6. The van der Waals surface area contributed by atoms with Gasteiger partial charge in [0.25, 0.3) is 5.91 Å². The van der Waals surface area contributed by atoms with Crippen LogP contribution in [-0.4, -0.2) is 88.3 Å². The van der Waals surface area contributed by atoms with Crippen LogP contribution >= 0.6 is 0 Å². The predicted molar refractivity (Wildman–Crippen MR) is 154 cm³/mol. The van der Waals surface area contributed by atoms with Gasteiger partial charge in [-0.3, -0.25) is 9.69 Å². The normalized spacial score (nSPS) is 23.1. The first-order valence-electron chi connectivity index (χ1n) is 13.2. The Morgan fingerprint density at radius 2 is 1.48 bits per heavy atom. The second-order valence-corrected chi connectivity index (χ2v) is 10.5. The van der Waals surface area contributed by atoms with E-state index in [9.17, 15) is 9.90 Å². The Morgan fingerprint density at radius 3 is 1.98 bits per heavy atom. The summed E-state index contributed by atoms with van der Waals surface area (Å²) in [5.41, 5.74) is 25.5. The molecule has 2 aliphatic heterocycles. The number of rotatable bonds is 6. The van der Waals surface area contributed by atoms with Crippen LogP contribution in [0.3, 0.4) is 0 Å². The SMILES string of the molecule is CN(C(=O)c1ccc(Nc2nc(N3CC(N)CC(N)C3)nc(N3CC(N)CC(N)C3)n2)cc1O)c1ccccn1. The van der Waals surface area contributed by atoms with Crippen LogP contribution in [0.1, 0.15) is 23.2 Å². The van der Waals surface area contributed by atoms with Crippen molar-refractivity contribution in [2.45, 2.75) is 37.0 Å². The molecule has 14 heteroatoms. The van der Waals surface area contributed by atoms with Crippen molar-refractivity contribution in [2.75, 3.05) is 53.2 Å². The molecular weight excluding hydrogens is 512 g/mol. The molecule has 4 atom stereocenters. The molecule has 1 amide bonds. The summed E-state index contributed by atoms with van der Waals surface area (Å²) in [7, 11) is 1.60. The van der Waals surface area contributed by atoms with E-state index in [0.29, 0.717) is 49.6 Å². The summed E-state index contributed by atoms with van der Waals surface area (Å²) < 4.78 is 0. The number of nitrogens with two attached hydrogens (primary N) is 4. The van der Waals surface area contributed by atoms with Crippen LogP contribution in [0.5, 0.6) is 5.75 Å². The van der Waals surface area contributed by atoms with Gasteiger partial charge in [0, 0.05) is 75.3 Å². The molecule has 4 heterocycles. The van der Waals surface area contributed by atoms with E-state index in [4.69, 9.17) is 27.9 Å². The number of amides is 1. The van der Waals surface area contributed by atoms with Gasteiger partial charge in [-0.05, 0) is 37.1 Å². The Hall–Kier alpha value is -4.11. The number of phenolic OH excluding ortho intramolecular Hbond substituents is 1. The fourth-order valence-electron chi connectivity index (χ4n) is 5.13. The molecule has 2 saturated heterocycles. The predicted octanol–water partition coefficient (Wildman–Crippen LogP) is -0.278. The third-order valence-corrected chi connectivity index (χ3v) is 6.99. The van der Waals surface area contributed by atoms with Crippen molar-refractivity contribution in [1.29, 1.82) is 0 Å². The fourth-order valence-corrected chi connectivity index (χ4v) is 5.13. The van der Waals surface area contributed by atoms with E-state index in [1.54, 1.807) is 37.5 Å². The van der Waals surface area contributed by atoms with Crippen molar-refractivity contribution in [3.63, 3.8) is 0 Å². The molecule has 0 spiro atoms. The van der Waals surface area contributed by atoms with Crippen LogP contribution < -0.4 is 43.0 Å². The summed E-state index contributed by atoms with van der Waals surface area (Å²) in [5, 5.41) is 13.9. The number of aromatic hydroxyl groups is 1. The topological polar surface area (TPSA) is 215 Å². The molecule has 1 aromatic carbocycles. The minimum Gasteiger partial charge on any atom is -0.507 e. The molecule has 2 fully saturated rings. The maximum Gasteiger partial charge on any atom is 0.262 e. The maximum atomic E-state index is 13.0. The van der Waals surface area contributed by atoms with Gasteiger partial charge in [0.15, 0.2) is 0 Å². The molecule has 0 aliphatic carbocycles. The third kappa shape index (κ3) is 6.20. The molecule has 0 radical (unpaired) electrons. The Bertz CT molecular complexity index is 1280. The number of piperidine rings is 2. The Morgan fingerprint density at radius 1 is 0.900 bits per heavy atom. The van der Waals surface area contributed by atoms with Crippen molar-refractivity contribution in [1.82, 2.24) is 19.9 Å². The lowest BCUT2D eigenvalue weighted by Gasteiger charge is -2.37. The van der Waals surface area contributed by atoms with E-state index >= 15 is 0 Å². The minimum absolute atomic E-state index is 0.108. The quantitative estimate of drug-likeness (QED) is 0.234. The van der Waals surface area contributed by atoms with Crippen LogP contribution in [0.4, 0.5) is 29.4 Å². The lowest BCUT2D eigenvalue weighted by atomic mass is 10.0. The van der Waals surface area contributed by atoms with E-state index in [-0.39, 0.29) is 41.4 Å². The number of carbonyl (C=O) groups excluding carboxylic acids is 1. The van der Waals surface area contributed by atoms with Gasteiger partial charge in [0.2, 0.25) is 17.8 Å². The van der Waals surface area contributed by atoms with Gasteiger partial charge < -0.3 is 43.2 Å². The van der Waals surface area contributed by atoms with Gasteiger partial charge in [0.05, 0.1) is 5.56 Å². The first kappa shape index (κ1) is 27.5. The highest BCUT2D eigenvalue weighted by Gasteiger charge is 2.29. The van der Waals surface area contributed by atoms with Crippen LogP contribution in [0, 0.1) is 0 Å². The van der Waals surface area contributed by atoms with Gasteiger partial charge in [0.1, 0.15) is 11.6 Å². The number of aromatic nitrogens is 4. The van der Waals surface area contributed by atoms with Crippen molar-refractivity contribution >= 4 is 35.3 Å². The monoisotopic (exact) mass is 548 g/mol. The lowest BCUT2D eigenvalue weighted by Crippen LogP contribution is -2.54. The van der Waals surface area contributed by atoms with Gasteiger partial charge in [-0.2, -0.15) is 15.0 Å². The summed E-state index contributed by atoms with van der Waals surface area (Å²) in [5.74, 6) is 0.979. The zero-order valence-electron chi connectivity index (χ0n) is 22.4. The summed E-state index contributed by atoms with van der Waals surface area (Å²) >= 11 is 0. The van der Waals surface area contributed by atoms with Crippen LogP contribution in [-0.2, 0) is 0 Å². The van der Waals surface area contributed by atoms with E-state index in [1.807, 2.05) is 9.80 Å². The molecule has 5 rings (SSSR count). The van der Waals surface area contributed by atoms with Gasteiger partial charge in [-0.15, -0.1) is 0 Å². The Labute approximate surface area is 232 Å². The molecule has 2 aliphatic rings. The lowest BCUT2D eigenvalue weighted by molar-refractivity contribution is 0.0989. The summed E-state index contributed by atoms with van der Waals surface area (Å²) in [4.78, 5) is 36.5. The molecule has 0 bridgehead atoms. The molecule has 212 valence electrons. The summed E-state index contributed by atoms with van der Waals surface area (Å²) in [6.45, 7) is 2.21. The summed E-state index contributed by atoms with van der Waals surface area (Å²) in [6, 6.07) is 9.48. The number of anilines is 5. The molecule has 14 nitrogen and oxygen atoms in total. The highest BCUT2D eigenvalue weighted by atomic mass is 16.3. The number of phenols is 1. The molecule has 0 saturated carbocycles. The zero-order valence-corrected chi connectivity index (χ0v) is 22.4. The van der Waals surface area contributed by atoms with Crippen molar-refractivity contribution in [2.24, 2.45) is 22.9 Å². The van der Waals surface area contributed by atoms with Crippen LogP contribution in [0.15, 0.2) is 42.6 Å². The van der Waals surface area contributed by atoms with E-state index in [1.165, 1.54) is 17.0 Å². The second-order valence-electron chi connectivity index (χ2n) is 10.5. The highest BCUT2D eigenvalue weighted by Crippen LogP contribution is 2.28. The van der Waals surface area contributed by atoms with E-state index < -0.39 is 5.91 Å². The average molecular weight is 549 g/mol. The number of benzene rings is 1. The van der Waals surface area contributed by atoms with Crippen LogP contribution in [0.2, 0.25) is 0 Å². The van der Waals surface area contributed by atoms with Gasteiger partial charge in [-0.25, -0.2) is 4.98 Å². The number of nitrogens with zero attached hydrogens (tertiary/aromatic N) is 7. The fraction of sp³-hybridized carbons (Fsp3) is 0.423. The first-order valence-corrected chi connectivity index (χ1v) is 13.2. The number of carbonyl (C=O) groups is 1. The number of hydrogen-bond acceptors (Lipinski definition) is 13. The molecule has 2 aromatic heterocycles. The average Bonchev–Trinajstić information content (AvgIpc) is 2.91. The molecule has 3 aromatic rings. The van der Waals surface area contributed by atoms with Crippen LogP contribution in [0.25, 0.3) is 0 Å². The molecule has 10 N–H and O–H groups in total.